The van der Waals surface area contributed by atoms with Crippen LogP contribution in [0.2, 0.25) is 5.02 Å². The van der Waals surface area contributed by atoms with Crippen LogP contribution in [0.1, 0.15) is 24.1 Å². The molecular formula is C19H15ClN4O4S3. The molecule has 1 fully saturated rings. The average molecular weight is 495 g/mol. The molecule has 12 heteroatoms. The predicted molar refractivity (Wildman–Crippen MR) is 121 cm³/mol. The Morgan fingerprint density at radius 3 is 2.87 bits per heavy atom. The Morgan fingerprint density at radius 2 is 2.10 bits per heavy atom. The molecule has 1 saturated heterocycles. The van der Waals surface area contributed by atoms with Crippen LogP contribution in [0.3, 0.4) is 0 Å². The van der Waals surface area contributed by atoms with Gasteiger partial charge in [0.15, 0.2) is 9.84 Å². The maximum absolute atomic E-state index is 12.8. The lowest BCUT2D eigenvalue weighted by molar-refractivity contribution is 0.393. The summed E-state index contributed by atoms with van der Waals surface area (Å²) in [6.07, 6.45) is 0.492. The minimum Gasteiger partial charge on any atom is -0.416 e. The minimum atomic E-state index is -3.03. The van der Waals surface area contributed by atoms with E-state index in [1.54, 1.807) is 6.07 Å². The number of aromatic nitrogens is 4. The first-order chi connectivity index (χ1) is 14.9. The zero-order valence-corrected chi connectivity index (χ0v) is 19.1. The zero-order chi connectivity index (χ0) is 21.6. The molecule has 0 amide bonds. The fourth-order valence-electron chi connectivity index (χ4n) is 3.50. The molecule has 0 aliphatic carbocycles. The van der Waals surface area contributed by atoms with Crippen molar-refractivity contribution in [2.24, 2.45) is 0 Å². The molecule has 1 aromatic carbocycles. The maximum atomic E-state index is 12.8. The summed E-state index contributed by atoms with van der Waals surface area (Å²) >= 11 is 8.91. The van der Waals surface area contributed by atoms with E-state index in [0.29, 0.717) is 44.4 Å². The molecule has 0 saturated carbocycles. The number of hydrogen-bond donors (Lipinski definition) is 1. The van der Waals surface area contributed by atoms with Gasteiger partial charge in [-0.1, -0.05) is 41.6 Å². The van der Waals surface area contributed by atoms with Crippen LogP contribution >= 0.6 is 34.7 Å². The molecule has 0 radical (unpaired) electrons. The second-order valence-electron chi connectivity index (χ2n) is 7.12. The number of hydrogen-bond acceptors (Lipinski definition) is 9. The van der Waals surface area contributed by atoms with Crippen molar-refractivity contribution in [2.45, 2.75) is 23.3 Å². The highest BCUT2D eigenvalue weighted by molar-refractivity contribution is 7.98. The van der Waals surface area contributed by atoms with Gasteiger partial charge in [0.25, 0.3) is 10.8 Å². The third-order valence-electron chi connectivity index (χ3n) is 4.99. The number of thiophene rings is 1. The Labute approximate surface area is 190 Å². The van der Waals surface area contributed by atoms with E-state index in [-0.39, 0.29) is 23.0 Å². The number of nitrogens with zero attached hydrogens (tertiary/aromatic N) is 3. The summed E-state index contributed by atoms with van der Waals surface area (Å²) in [5, 5.41) is 11.2. The molecule has 1 atom stereocenters. The lowest BCUT2D eigenvalue weighted by atomic mass is 10.1. The Balaban J connectivity index is 1.35. The monoisotopic (exact) mass is 494 g/mol. The number of fused-ring (bicyclic) bond motifs is 1. The van der Waals surface area contributed by atoms with Crippen molar-refractivity contribution >= 4 is 54.8 Å². The number of nitrogens with one attached hydrogen (secondary N) is 1. The van der Waals surface area contributed by atoms with E-state index in [0.717, 1.165) is 11.1 Å². The van der Waals surface area contributed by atoms with Gasteiger partial charge in [-0.2, -0.15) is 0 Å². The number of aromatic amines is 1. The van der Waals surface area contributed by atoms with Crippen LogP contribution in [0.4, 0.5) is 0 Å². The molecule has 0 bridgehead atoms. The molecule has 0 spiro atoms. The van der Waals surface area contributed by atoms with Gasteiger partial charge in [0.1, 0.15) is 10.7 Å². The van der Waals surface area contributed by atoms with Crippen LogP contribution in [-0.4, -0.2) is 40.1 Å². The summed E-state index contributed by atoms with van der Waals surface area (Å²) in [6, 6.07) is 7.37. The quantitative estimate of drug-likeness (QED) is 0.415. The molecule has 8 nitrogen and oxygen atoms in total. The van der Waals surface area contributed by atoms with Gasteiger partial charge in [-0.25, -0.2) is 13.4 Å². The summed E-state index contributed by atoms with van der Waals surface area (Å²) in [7, 11) is -3.03. The van der Waals surface area contributed by atoms with E-state index in [2.05, 4.69) is 20.2 Å². The van der Waals surface area contributed by atoms with E-state index < -0.39 is 9.84 Å². The van der Waals surface area contributed by atoms with Crippen molar-refractivity contribution in [3.8, 4) is 11.1 Å². The number of rotatable bonds is 5. The summed E-state index contributed by atoms with van der Waals surface area (Å²) in [6.45, 7) is 0. The van der Waals surface area contributed by atoms with Crippen molar-refractivity contribution in [3.63, 3.8) is 0 Å². The second-order valence-corrected chi connectivity index (χ2v) is 11.5. The fourth-order valence-corrected chi connectivity index (χ4v) is 7.07. The van der Waals surface area contributed by atoms with Crippen molar-refractivity contribution < 1.29 is 12.8 Å². The Kier molecular flexibility index (Phi) is 5.37. The first-order valence-corrected chi connectivity index (χ1v) is 13.4. The average Bonchev–Trinajstić information content (AvgIpc) is 3.45. The highest BCUT2D eigenvalue weighted by atomic mass is 35.5. The highest BCUT2D eigenvalue weighted by Gasteiger charge is 2.32. The normalized spacial score (nSPS) is 18.0. The molecule has 31 heavy (non-hydrogen) atoms. The van der Waals surface area contributed by atoms with Gasteiger partial charge in [0, 0.05) is 21.5 Å². The number of H-pyrrole nitrogens is 1. The molecule has 1 aliphatic heterocycles. The lowest BCUT2D eigenvalue weighted by Crippen LogP contribution is -2.10. The standard InChI is InChI=1S/C19H15ClN4O4S3/c20-13-4-2-1-3-11(13)12-7-29-18-15(12)16(25)21-14(22-18)8-30-19-24-23-17(28-19)10-5-6-31(26,27)9-10/h1-4,7,10H,5-6,8-9H2,(H,21,22,25). The van der Waals surface area contributed by atoms with Gasteiger partial charge in [-0.05, 0) is 12.5 Å². The molecule has 160 valence electrons. The lowest BCUT2D eigenvalue weighted by Gasteiger charge is -2.03. The maximum Gasteiger partial charge on any atom is 0.277 e. The van der Waals surface area contributed by atoms with Crippen LogP contribution in [0.15, 0.2) is 44.1 Å². The van der Waals surface area contributed by atoms with Gasteiger partial charge in [-0.15, -0.1) is 21.5 Å². The molecule has 1 unspecified atom stereocenters. The Morgan fingerprint density at radius 1 is 1.26 bits per heavy atom. The van der Waals surface area contributed by atoms with Crippen molar-refractivity contribution in [1.82, 2.24) is 20.2 Å². The molecule has 1 N–H and O–H groups in total. The summed E-state index contributed by atoms with van der Waals surface area (Å²) < 4.78 is 28.9. The van der Waals surface area contributed by atoms with Gasteiger partial charge < -0.3 is 9.40 Å². The zero-order valence-electron chi connectivity index (χ0n) is 15.9. The molecule has 3 aromatic heterocycles. The van der Waals surface area contributed by atoms with Crippen molar-refractivity contribution in [3.05, 3.63) is 56.7 Å². The largest absolute Gasteiger partial charge is 0.416 e. The van der Waals surface area contributed by atoms with Gasteiger partial charge >= 0.3 is 0 Å². The SMILES string of the molecule is O=c1[nH]c(CSc2nnc(C3CCS(=O)(=O)C3)o2)nc2scc(-c3ccccc3Cl)c12. The summed E-state index contributed by atoms with van der Waals surface area (Å²) in [4.78, 5) is 20.8. The van der Waals surface area contributed by atoms with Crippen LogP contribution in [0.25, 0.3) is 21.3 Å². The third kappa shape index (κ3) is 4.14. The first kappa shape index (κ1) is 20.7. The van der Waals surface area contributed by atoms with Crippen molar-refractivity contribution in [2.75, 3.05) is 11.5 Å². The summed E-state index contributed by atoms with van der Waals surface area (Å²) in [5.41, 5.74) is 1.31. The fraction of sp³-hybridized carbons (Fsp3) is 0.263. The predicted octanol–water partition coefficient (Wildman–Crippen LogP) is 3.88. The Bertz CT molecular complexity index is 1440. The highest BCUT2D eigenvalue weighted by Crippen LogP contribution is 2.35. The molecule has 4 aromatic rings. The molecule has 1 aliphatic rings. The number of halogens is 1. The van der Waals surface area contributed by atoms with Crippen LogP contribution in [-0.2, 0) is 15.6 Å². The van der Waals surface area contributed by atoms with E-state index in [1.807, 2.05) is 23.6 Å². The van der Waals surface area contributed by atoms with Crippen molar-refractivity contribution in [1.29, 1.82) is 0 Å². The number of sulfone groups is 1. The van der Waals surface area contributed by atoms with Crippen LogP contribution in [0.5, 0.6) is 0 Å². The molecule has 5 rings (SSSR count). The minimum absolute atomic E-state index is 0.0387. The van der Waals surface area contributed by atoms with E-state index in [1.165, 1.54) is 23.1 Å². The topological polar surface area (TPSA) is 119 Å². The smallest absolute Gasteiger partial charge is 0.277 e. The van der Waals surface area contributed by atoms with Crippen LogP contribution < -0.4 is 5.56 Å². The van der Waals surface area contributed by atoms with E-state index >= 15 is 0 Å². The molecule has 4 heterocycles. The van der Waals surface area contributed by atoms with E-state index in [4.69, 9.17) is 16.0 Å². The number of thioether (sulfide) groups is 1. The van der Waals surface area contributed by atoms with Gasteiger partial charge in [0.2, 0.25) is 5.89 Å². The first-order valence-electron chi connectivity index (χ1n) is 9.31. The Hall–Kier alpha value is -2.21. The van der Waals surface area contributed by atoms with Crippen LogP contribution in [0, 0.1) is 0 Å². The summed E-state index contributed by atoms with van der Waals surface area (Å²) in [5.74, 6) is 1.08. The third-order valence-corrected chi connectivity index (χ3v) is 8.79. The molecular weight excluding hydrogens is 480 g/mol. The van der Waals surface area contributed by atoms with E-state index in [9.17, 15) is 13.2 Å². The number of benzene rings is 1. The van der Waals surface area contributed by atoms with Gasteiger partial charge in [0.05, 0.1) is 28.6 Å². The van der Waals surface area contributed by atoms with Gasteiger partial charge in [-0.3, -0.25) is 4.79 Å². The second kappa shape index (κ2) is 8.05.